The molecule has 0 radical (unpaired) electrons. The van der Waals surface area contributed by atoms with Crippen molar-refractivity contribution < 1.29 is 13.5 Å². The topological polar surface area (TPSA) is 35.2 Å². The van der Waals surface area contributed by atoms with Gasteiger partial charge >= 0.3 is 0 Å². The molecule has 0 saturated carbocycles. The van der Waals surface area contributed by atoms with Crippen molar-refractivity contribution in [3.05, 3.63) is 52.6 Å². The summed E-state index contributed by atoms with van der Waals surface area (Å²) in [6, 6.07) is 6.36. The summed E-state index contributed by atoms with van der Waals surface area (Å²) in [7, 11) is 0. The molecule has 0 atom stereocenters. The molecule has 2 aromatic rings. The quantitative estimate of drug-likeness (QED) is 0.825. The monoisotopic (exact) mass is 269 g/mol. The van der Waals surface area contributed by atoms with Crippen LogP contribution in [0.2, 0.25) is 5.02 Å². The van der Waals surface area contributed by atoms with E-state index in [4.69, 9.17) is 22.1 Å². The van der Waals surface area contributed by atoms with Crippen LogP contribution in [0.15, 0.2) is 30.3 Å². The van der Waals surface area contributed by atoms with E-state index < -0.39 is 11.6 Å². The summed E-state index contributed by atoms with van der Waals surface area (Å²) < 4.78 is 31.5. The van der Waals surface area contributed by atoms with E-state index >= 15 is 0 Å². The molecule has 18 heavy (non-hydrogen) atoms. The molecular weight excluding hydrogens is 260 g/mol. The molecule has 0 aromatic heterocycles. The number of rotatable bonds is 2. The van der Waals surface area contributed by atoms with Crippen molar-refractivity contribution in [1.82, 2.24) is 0 Å². The van der Waals surface area contributed by atoms with Gasteiger partial charge in [0.2, 0.25) is 0 Å². The zero-order chi connectivity index (χ0) is 13.3. The molecule has 0 bridgehead atoms. The van der Waals surface area contributed by atoms with Gasteiger partial charge in [0.15, 0.2) is 5.75 Å². The molecule has 2 nitrogen and oxygen atoms in total. The van der Waals surface area contributed by atoms with Crippen molar-refractivity contribution in [1.29, 1.82) is 0 Å². The first-order valence-electron chi connectivity index (χ1n) is 5.16. The van der Waals surface area contributed by atoms with E-state index in [1.54, 1.807) is 6.92 Å². The number of hydrogen-bond donors (Lipinski definition) is 1. The van der Waals surface area contributed by atoms with E-state index in [2.05, 4.69) is 0 Å². The molecule has 5 heteroatoms. The summed E-state index contributed by atoms with van der Waals surface area (Å²) in [6.45, 7) is 1.59. The van der Waals surface area contributed by atoms with Crippen molar-refractivity contribution in [3.63, 3.8) is 0 Å². The standard InChI is InChI=1S/C13H10ClF2NO/c1-7-4-13(11(17)6-10(7)16)18-12-3-2-8(15)5-9(12)14/h2-6H,17H2,1H3. The summed E-state index contributed by atoms with van der Waals surface area (Å²) in [5.74, 6) is -0.334. The first kappa shape index (κ1) is 12.6. The molecule has 0 aliphatic rings. The van der Waals surface area contributed by atoms with Crippen molar-refractivity contribution in [3.8, 4) is 11.5 Å². The third kappa shape index (κ3) is 2.54. The Morgan fingerprint density at radius 3 is 2.50 bits per heavy atom. The van der Waals surface area contributed by atoms with Crippen LogP contribution < -0.4 is 10.5 Å². The lowest BCUT2D eigenvalue weighted by Crippen LogP contribution is -1.95. The minimum absolute atomic E-state index is 0.122. The van der Waals surface area contributed by atoms with Gasteiger partial charge in [-0.1, -0.05) is 11.6 Å². The Morgan fingerprint density at radius 2 is 1.83 bits per heavy atom. The molecule has 2 aromatic carbocycles. The normalized spacial score (nSPS) is 10.4. The Bertz CT molecular complexity index is 602. The zero-order valence-corrected chi connectivity index (χ0v) is 10.3. The molecule has 2 rings (SSSR count). The fourth-order valence-electron chi connectivity index (χ4n) is 1.44. The average Bonchev–Trinajstić information content (AvgIpc) is 2.29. The summed E-state index contributed by atoms with van der Waals surface area (Å²) in [4.78, 5) is 0. The Hall–Kier alpha value is -1.81. The number of nitrogens with two attached hydrogens (primary N) is 1. The summed E-state index contributed by atoms with van der Waals surface area (Å²) >= 11 is 5.82. The average molecular weight is 270 g/mol. The molecular formula is C13H10ClF2NO. The number of anilines is 1. The van der Waals surface area contributed by atoms with Gasteiger partial charge in [0.05, 0.1) is 10.7 Å². The van der Waals surface area contributed by atoms with Crippen LogP contribution in [0.25, 0.3) is 0 Å². The maximum absolute atomic E-state index is 13.2. The highest BCUT2D eigenvalue weighted by molar-refractivity contribution is 6.32. The lowest BCUT2D eigenvalue weighted by Gasteiger charge is -2.11. The number of aryl methyl sites for hydroxylation is 1. The zero-order valence-electron chi connectivity index (χ0n) is 9.51. The molecule has 0 amide bonds. The molecule has 0 aliphatic heterocycles. The molecule has 0 aliphatic carbocycles. The summed E-state index contributed by atoms with van der Waals surface area (Å²) in [5.41, 5.74) is 6.19. The highest BCUT2D eigenvalue weighted by Crippen LogP contribution is 2.34. The second kappa shape index (κ2) is 4.82. The van der Waals surface area contributed by atoms with Crippen LogP contribution in [-0.2, 0) is 0 Å². The van der Waals surface area contributed by atoms with Crippen LogP contribution in [0.5, 0.6) is 11.5 Å². The van der Waals surface area contributed by atoms with Crippen LogP contribution in [0.4, 0.5) is 14.5 Å². The Labute approximate surface area is 108 Å². The molecule has 94 valence electrons. The molecule has 0 saturated heterocycles. The van der Waals surface area contributed by atoms with Crippen LogP contribution in [0, 0.1) is 18.6 Å². The predicted molar refractivity (Wildman–Crippen MR) is 67.0 cm³/mol. The highest BCUT2D eigenvalue weighted by atomic mass is 35.5. The van der Waals surface area contributed by atoms with E-state index in [1.807, 2.05) is 0 Å². The lowest BCUT2D eigenvalue weighted by molar-refractivity contribution is 0.480. The lowest BCUT2D eigenvalue weighted by atomic mass is 10.2. The second-order valence-electron chi connectivity index (χ2n) is 3.82. The third-order valence-corrected chi connectivity index (χ3v) is 2.70. The predicted octanol–water partition coefficient (Wildman–Crippen LogP) is 4.30. The van der Waals surface area contributed by atoms with Crippen LogP contribution in [0.3, 0.4) is 0 Å². The van der Waals surface area contributed by atoms with Gasteiger partial charge in [-0.2, -0.15) is 0 Å². The molecule has 0 unspecified atom stereocenters. The molecule has 2 N–H and O–H groups in total. The van der Waals surface area contributed by atoms with E-state index in [0.717, 1.165) is 6.07 Å². The van der Waals surface area contributed by atoms with E-state index in [0.29, 0.717) is 5.56 Å². The fraction of sp³-hybridized carbons (Fsp3) is 0.0769. The van der Waals surface area contributed by atoms with E-state index in [9.17, 15) is 8.78 Å². The van der Waals surface area contributed by atoms with Gasteiger partial charge in [-0.25, -0.2) is 8.78 Å². The number of ether oxygens (including phenoxy) is 1. The van der Waals surface area contributed by atoms with Crippen LogP contribution in [-0.4, -0.2) is 0 Å². The third-order valence-electron chi connectivity index (χ3n) is 2.40. The van der Waals surface area contributed by atoms with E-state index in [-0.39, 0.29) is 22.2 Å². The molecule has 0 spiro atoms. The van der Waals surface area contributed by atoms with Crippen LogP contribution in [0.1, 0.15) is 5.56 Å². The van der Waals surface area contributed by atoms with Gasteiger partial charge in [-0.3, -0.25) is 0 Å². The fourth-order valence-corrected chi connectivity index (χ4v) is 1.64. The van der Waals surface area contributed by atoms with E-state index in [1.165, 1.54) is 24.3 Å². The van der Waals surface area contributed by atoms with Gasteiger partial charge in [0.1, 0.15) is 17.4 Å². The Kier molecular flexibility index (Phi) is 3.39. The Balaban J connectivity index is 2.37. The maximum Gasteiger partial charge on any atom is 0.150 e. The van der Waals surface area contributed by atoms with Gasteiger partial charge in [-0.05, 0) is 36.8 Å². The highest BCUT2D eigenvalue weighted by Gasteiger charge is 2.09. The van der Waals surface area contributed by atoms with Crippen molar-refractivity contribution in [2.75, 3.05) is 5.73 Å². The number of benzene rings is 2. The minimum atomic E-state index is -0.462. The number of nitrogen functional groups attached to an aromatic ring is 1. The van der Waals surface area contributed by atoms with Crippen molar-refractivity contribution in [2.24, 2.45) is 0 Å². The Morgan fingerprint density at radius 1 is 1.11 bits per heavy atom. The van der Waals surface area contributed by atoms with Gasteiger partial charge in [0.25, 0.3) is 0 Å². The van der Waals surface area contributed by atoms with Gasteiger partial charge < -0.3 is 10.5 Å². The van der Waals surface area contributed by atoms with Crippen LogP contribution >= 0.6 is 11.6 Å². The first-order chi connectivity index (χ1) is 8.47. The number of halogens is 3. The summed E-state index contributed by atoms with van der Waals surface area (Å²) in [6.07, 6.45) is 0. The van der Waals surface area contributed by atoms with Crippen molar-refractivity contribution in [2.45, 2.75) is 6.92 Å². The molecule has 0 fully saturated rings. The van der Waals surface area contributed by atoms with Crippen molar-refractivity contribution >= 4 is 17.3 Å². The number of hydrogen-bond acceptors (Lipinski definition) is 2. The van der Waals surface area contributed by atoms with Gasteiger partial charge in [-0.15, -0.1) is 0 Å². The molecule has 0 heterocycles. The minimum Gasteiger partial charge on any atom is -0.454 e. The smallest absolute Gasteiger partial charge is 0.150 e. The SMILES string of the molecule is Cc1cc(Oc2ccc(F)cc2Cl)c(N)cc1F. The van der Waals surface area contributed by atoms with Gasteiger partial charge in [0, 0.05) is 6.07 Å². The summed E-state index contributed by atoms with van der Waals surface area (Å²) in [5, 5.41) is 0.122. The second-order valence-corrected chi connectivity index (χ2v) is 4.22. The maximum atomic E-state index is 13.2. The largest absolute Gasteiger partial charge is 0.454 e. The first-order valence-corrected chi connectivity index (χ1v) is 5.53.